The largest absolute Gasteiger partial charge is 0.493 e. The van der Waals surface area contributed by atoms with E-state index < -0.39 is 0 Å². The summed E-state index contributed by atoms with van der Waals surface area (Å²) < 4.78 is 13.8. The molecule has 2 N–H and O–H groups in total. The quantitative estimate of drug-likeness (QED) is 0.552. The summed E-state index contributed by atoms with van der Waals surface area (Å²) in [7, 11) is 5.43. The van der Waals surface area contributed by atoms with Crippen LogP contribution in [0, 0.1) is 13.8 Å². The normalized spacial score (nSPS) is 14.9. The second-order valence-electron chi connectivity index (χ2n) is 7.53. The van der Waals surface area contributed by atoms with Gasteiger partial charge in [-0.1, -0.05) is 12.1 Å². The molecular formula is C22H33N5O2. The first-order valence-electron chi connectivity index (χ1n) is 10.3. The Labute approximate surface area is 173 Å². The molecule has 0 aliphatic heterocycles. The van der Waals surface area contributed by atoms with Gasteiger partial charge in [0.1, 0.15) is 0 Å². The van der Waals surface area contributed by atoms with Gasteiger partial charge in [0.15, 0.2) is 17.5 Å². The molecule has 1 fully saturated rings. The van der Waals surface area contributed by atoms with Gasteiger partial charge in [0.25, 0.3) is 0 Å². The van der Waals surface area contributed by atoms with E-state index in [9.17, 15) is 0 Å². The summed E-state index contributed by atoms with van der Waals surface area (Å²) in [5.74, 6) is 2.35. The number of methoxy groups -OCH3 is 1. The number of para-hydroxylation sites is 1. The highest BCUT2D eigenvalue weighted by Gasteiger charge is 2.20. The van der Waals surface area contributed by atoms with E-state index in [0.717, 1.165) is 47.3 Å². The van der Waals surface area contributed by atoms with Gasteiger partial charge in [-0.2, -0.15) is 5.10 Å². The van der Waals surface area contributed by atoms with Crippen molar-refractivity contribution in [3.05, 3.63) is 40.7 Å². The highest BCUT2D eigenvalue weighted by molar-refractivity contribution is 5.79. The second-order valence-corrected chi connectivity index (χ2v) is 7.53. The lowest BCUT2D eigenvalue weighted by molar-refractivity contribution is 0.198. The zero-order valence-electron chi connectivity index (χ0n) is 18.2. The standard InChI is InChI=1S/C22H33N5O2/c1-15-19(16(2)27(4)26-15)14-25-22(23-3)24-13-17-9-8-12-20(28-5)21(17)29-18-10-6-7-11-18/h8-9,12,18H,6-7,10-11,13-14H2,1-5H3,(H2,23,24,25). The Bertz CT molecular complexity index is 853. The Balaban J connectivity index is 1.65. The maximum Gasteiger partial charge on any atom is 0.191 e. The zero-order chi connectivity index (χ0) is 20.8. The van der Waals surface area contributed by atoms with Crippen LogP contribution in [0.25, 0.3) is 0 Å². The number of rotatable bonds is 7. The third kappa shape index (κ3) is 5.02. The number of nitrogens with zero attached hydrogens (tertiary/aromatic N) is 3. The summed E-state index contributed by atoms with van der Waals surface area (Å²) in [6, 6.07) is 6.02. The fraction of sp³-hybridized carbons (Fsp3) is 0.545. The smallest absolute Gasteiger partial charge is 0.191 e. The topological polar surface area (TPSA) is 72.7 Å². The first-order chi connectivity index (χ1) is 14.0. The molecule has 1 aromatic heterocycles. The molecule has 29 heavy (non-hydrogen) atoms. The van der Waals surface area contributed by atoms with Crippen molar-refractivity contribution < 1.29 is 9.47 Å². The molecule has 0 atom stereocenters. The zero-order valence-corrected chi connectivity index (χ0v) is 18.2. The molecule has 0 radical (unpaired) electrons. The van der Waals surface area contributed by atoms with Gasteiger partial charge in [0, 0.05) is 44.0 Å². The van der Waals surface area contributed by atoms with Crippen LogP contribution in [0.2, 0.25) is 0 Å². The van der Waals surface area contributed by atoms with Crippen LogP contribution in [-0.2, 0) is 20.1 Å². The van der Waals surface area contributed by atoms with Crippen LogP contribution in [0.15, 0.2) is 23.2 Å². The van der Waals surface area contributed by atoms with E-state index in [4.69, 9.17) is 9.47 Å². The summed E-state index contributed by atoms with van der Waals surface area (Å²) in [6.07, 6.45) is 4.96. The van der Waals surface area contributed by atoms with E-state index in [1.807, 2.05) is 30.8 Å². The monoisotopic (exact) mass is 399 g/mol. The molecule has 0 saturated heterocycles. The van der Waals surface area contributed by atoms with Crippen LogP contribution in [0.3, 0.4) is 0 Å². The van der Waals surface area contributed by atoms with Crippen molar-refractivity contribution in [3.8, 4) is 11.5 Å². The summed E-state index contributed by atoms with van der Waals surface area (Å²) in [5, 5.41) is 11.3. The number of hydrogen-bond donors (Lipinski definition) is 2. The number of nitrogens with one attached hydrogen (secondary N) is 2. The summed E-state index contributed by atoms with van der Waals surface area (Å²) in [4.78, 5) is 4.36. The lowest BCUT2D eigenvalue weighted by atomic mass is 10.1. The maximum atomic E-state index is 6.32. The van der Waals surface area contributed by atoms with Gasteiger partial charge in [-0.15, -0.1) is 0 Å². The highest BCUT2D eigenvalue weighted by Crippen LogP contribution is 2.34. The minimum absolute atomic E-state index is 0.277. The molecule has 1 aliphatic rings. The fourth-order valence-electron chi connectivity index (χ4n) is 3.81. The third-order valence-corrected chi connectivity index (χ3v) is 5.63. The van der Waals surface area contributed by atoms with Gasteiger partial charge in [-0.05, 0) is 45.6 Å². The molecule has 1 aromatic carbocycles. The fourth-order valence-corrected chi connectivity index (χ4v) is 3.81. The van der Waals surface area contributed by atoms with E-state index in [0.29, 0.717) is 13.1 Å². The Morgan fingerprint density at radius 2 is 1.93 bits per heavy atom. The Hall–Kier alpha value is -2.70. The number of aromatic nitrogens is 2. The van der Waals surface area contributed by atoms with Crippen LogP contribution in [0.1, 0.15) is 48.2 Å². The Morgan fingerprint density at radius 3 is 2.55 bits per heavy atom. The van der Waals surface area contributed by atoms with Crippen LogP contribution in [0.4, 0.5) is 0 Å². The third-order valence-electron chi connectivity index (χ3n) is 5.63. The number of benzene rings is 1. The molecule has 3 rings (SSSR count). The molecule has 1 heterocycles. The van der Waals surface area contributed by atoms with Gasteiger partial charge in [-0.3, -0.25) is 9.67 Å². The molecule has 0 spiro atoms. The molecular weight excluding hydrogens is 366 g/mol. The Morgan fingerprint density at radius 1 is 1.21 bits per heavy atom. The minimum atomic E-state index is 0.277. The second kappa shape index (κ2) is 9.67. The van der Waals surface area contributed by atoms with Crippen molar-refractivity contribution in [2.45, 2.75) is 58.7 Å². The predicted molar refractivity (Wildman–Crippen MR) is 116 cm³/mol. The van der Waals surface area contributed by atoms with Crippen molar-refractivity contribution in [3.63, 3.8) is 0 Å². The van der Waals surface area contributed by atoms with Gasteiger partial charge >= 0.3 is 0 Å². The van der Waals surface area contributed by atoms with E-state index in [1.165, 1.54) is 18.4 Å². The predicted octanol–water partition coefficient (Wildman–Crippen LogP) is 3.23. The molecule has 0 bridgehead atoms. The van der Waals surface area contributed by atoms with E-state index in [2.05, 4.69) is 33.7 Å². The average molecular weight is 400 g/mol. The molecule has 0 amide bonds. The van der Waals surface area contributed by atoms with Crippen molar-refractivity contribution >= 4 is 5.96 Å². The molecule has 0 unspecified atom stereocenters. The molecule has 1 aliphatic carbocycles. The number of aliphatic imine (C=N–C) groups is 1. The van der Waals surface area contributed by atoms with Crippen LogP contribution in [0.5, 0.6) is 11.5 Å². The molecule has 7 heteroatoms. The summed E-state index contributed by atoms with van der Waals surface area (Å²) in [5.41, 5.74) is 4.45. The SMILES string of the molecule is CN=C(NCc1cccc(OC)c1OC1CCCC1)NCc1c(C)nn(C)c1C. The summed E-state index contributed by atoms with van der Waals surface area (Å²) in [6.45, 7) is 5.39. The first kappa shape index (κ1) is 21.0. The average Bonchev–Trinajstić information content (AvgIpc) is 3.31. The van der Waals surface area contributed by atoms with Crippen molar-refractivity contribution in [2.24, 2.45) is 12.0 Å². The van der Waals surface area contributed by atoms with E-state index in [-0.39, 0.29) is 6.10 Å². The van der Waals surface area contributed by atoms with Crippen LogP contribution < -0.4 is 20.1 Å². The van der Waals surface area contributed by atoms with Gasteiger partial charge in [0.2, 0.25) is 0 Å². The summed E-state index contributed by atoms with van der Waals surface area (Å²) >= 11 is 0. The number of ether oxygens (including phenoxy) is 2. The first-order valence-corrected chi connectivity index (χ1v) is 10.3. The van der Waals surface area contributed by atoms with E-state index in [1.54, 1.807) is 14.2 Å². The van der Waals surface area contributed by atoms with E-state index >= 15 is 0 Å². The molecule has 158 valence electrons. The van der Waals surface area contributed by atoms with Gasteiger partial charge in [0.05, 0.1) is 18.9 Å². The lowest BCUT2D eigenvalue weighted by Gasteiger charge is -2.20. The van der Waals surface area contributed by atoms with Crippen LogP contribution in [-0.4, -0.2) is 36.0 Å². The maximum absolute atomic E-state index is 6.32. The van der Waals surface area contributed by atoms with Gasteiger partial charge in [-0.25, -0.2) is 0 Å². The number of aryl methyl sites for hydroxylation is 2. The van der Waals surface area contributed by atoms with Crippen LogP contribution >= 0.6 is 0 Å². The van der Waals surface area contributed by atoms with Crippen molar-refractivity contribution in [2.75, 3.05) is 14.2 Å². The lowest BCUT2D eigenvalue weighted by Crippen LogP contribution is -2.36. The molecule has 2 aromatic rings. The number of guanidine groups is 1. The van der Waals surface area contributed by atoms with Gasteiger partial charge < -0.3 is 20.1 Å². The highest BCUT2D eigenvalue weighted by atomic mass is 16.5. The number of hydrogen-bond acceptors (Lipinski definition) is 4. The van der Waals surface area contributed by atoms with Crippen molar-refractivity contribution in [1.82, 2.24) is 20.4 Å². The Kier molecular flexibility index (Phi) is 7.01. The molecule has 7 nitrogen and oxygen atoms in total. The minimum Gasteiger partial charge on any atom is -0.493 e. The van der Waals surface area contributed by atoms with Crippen molar-refractivity contribution in [1.29, 1.82) is 0 Å². The molecule has 1 saturated carbocycles.